The van der Waals surface area contributed by atoms with Gasteiger partial charge in [0.25, 0.3) is 0 Å². The zero-order valence-corrected chi connectivity index (χ0v) is 20.9. The van der Waals surface area contributed by atoms with Gasteiger partial charge in [-0.3, -0.25) is 0 Å². The molecule has 1 N–H and O–H groups in total. The summed E-state index contributed by atoms with van der Waals surface area (Å²) >= 11 is 26.0. The molecule has 0 amide bonds. The van der Waals surface area contributed by atoms with Gasteiger partial charge >= 0.3 is 0 Å². The Labute approximate surface area is 210 Å². The first-order valence-electron chi connectivity index (χ1n) is 9.32. The molecule has 0 atom stereocenters. The second-order valence-electron chi connectivity index (χ2n) is 6.87. The highest BCUT2D eigenvalue weighted by Gasteiger charge is 2.19. The van der Waals surface area contributed by atoms with Gasteiger partial charge in [-0.2, -0.15) is 0 Å². The Bertz CT molecular complexity index is 1380. The highest BCUT2D eigenvalue weighted by Crippen LogP contribution is 2.43. The lowest BCUT2D eigenvalue weighted by Crippen LogP contribution is -2.22. The smallest absolute Gasteiger partial charge is 0.207 e. The van der Waals surface area contributed by atoms with Gasteiger partial charge in [-0.15, -0.1) is 11.3 Å². The summed E-state index contributed by atoms with van der Waals surface area (Å²) in [7, 11) is -3.72. The zero-order chi connectivity index (χ0) is 22.9. The third kappa shape index (κ3) is 5.32. The number of rotatable bonds is 6. The predicted molar refractivity (Wildman–Crippen MR) is 136 cm³/mol. The molecule has 4 rings (SSSR count). The van der Waals surface area contributed by atoms with Gasteiger partial charge in [-0.05, 0) is 54.1 Å². The molecule has 164 valence electrons. The number of hydrogen-bond donors (Lipinski definition) is 1. The van der Waals surface area contributed by atoms with Crippen molar-refractivity contribution in [2.75, 3.05) is 0 Å². The van der Waals surface area contributed by atoms with Gasteiger partial charge in [0.05, 0.1) is 9.92 Å². The summed E-state index contributed by atoms with van der Waals surface area (Å²) in [6.07, 6.45) is 0. The van der Waals surface area contributed by atoms with Crippen molar-refractivity contribution in [3.8, 4) is 21.6 Å². The lowest BCUT2D eigenvalue weighted by molar-refractivity contribution is 0.582. The van der Waals surface area contributed by atoms with Crippen LogP contribution in [0.15, 0.2) is 77.7 Å². The molecule has 0 aliphatic carbocycles. The topological polar surface area (TPSA) is 46.2 Å². The van der Waals surface area contributed by atoms with E-state index < -0.39 is 10.0 Å². The van der Waals surface area contributed by atoms with E-state index in [2.05, 4.69) is 4.72 Å². The molecule has 1 aromatic heterocycles. The van der Waals surface area contributed by atoms with Gasteiger partial charge in [-0.25, -0.2) is 13.1 Å². The van der Waals surface area contributed by atoms with Crippen LogP contribution >= 0.6 is 57.7 Å². The summed E-state index contributed by atoms with van der Waals surface area (Å²) in [5, 5.41) is 2.04. The van der Waals surface area contributed by atoms with Crippen LogP contribution in [0.5, 0.6) is 0 Å². The van der Waals surface area contributed by atoms with Crippen molar-refractivity contribution >= 4 is 67.8 Å². The first-order chi connectivity index (χ1) is 15.2. The van der Waals surface area contributed by atoms with Crippen molar-refractivity contribution in [1.29, 1.82) is 0 Å². The number of nitrogens with one attached hydrogen (secondary N) is 1. The molecule has 0 saturated heterocycles. The maximum absolute atomic E-state index is 12.7. The minimum Gasteiger partial charge on any atom is -0.207 e. The number of sulfonamides is 1. The van der Waals surface area contributed by atoms with E-state index >= 15 is 0 Å². The maximum atomic E-state index is 12.7. The minimum atomic E-state index is -3.72. The van der Waals surface area contributed by atoms with Crippen LogP contribution in [0.3, 0.4) is 0 Å². The van der Waals surface area contributed by atoms with Crippen molar-refractivity contribution in [2.24, 2.45) is 0 Å². The molecule has 0 aliphatic heterocycles. The Morgan fingerprint density at radius 3 is 2.12 bits per heavy atom. The summed E-state index contributed by atoms with van der Waals surface area (Å²) in [5.74, 6) is 0. The van der Waals surface area contributed by atoms with Crippen molar-refractivity contribution in [3.63, 3.8) is 0 Å². The van der Waals surface area contributed by atoms with E-state index in [-0.39, 0.29) is 11.4 Å². The fraction of sp³-hybridized carbons (Fsp3) is 0.0435. The SMILES string of the molecule is O=S(=O)(NCc1cc(-c2ccc(Cl)cc2)c(-c2ccc(Cl)cc2Cl)s1)c1cccc(Cl)c1. The van der Waals surface area contributed by atoms with Gasteiger partial charge in [0.1, 0.15) is 0 Å². The van der Waals surface area contributed by atoms with Crippen molar-refractivity contribution in [1.82, 2.24) is 4.72 Å². The lowest BCUT2D eigenvalue weighted by atomic mass is 10.0. The molecule has 0 unspecified atom stereocenters. The van der Waals surface area contributed by atoms with Crippen molar-refractivity contribution in [2.45, 2.75) is 11.4 Å². The quantitative estimate of drug-likeness (QED) is 0.267. The van der Waals surface area contributed by atoms with Crippen molar-refractivity contribution < 1.29 is 8.42 Å². The average molecular weight is 543 g/mol. The Morgan fingerprint density at radius 2 is 1.44 bits per heavy atom. The summed E-state index contributed by atoms with van der Waals surface area (Å²) in [4.78, 5) is 1.84. The fourth-order valence-corrected chi connectivity index (χ4v) is 6.37. The summed E-state index contributed by atoms with van der Waals surface area (Å²) in [6.45, 7) is 0.116. The van der Waals surface area contributed by atoms with Crippen LogP contribution in [0.2, 0.25) is 20.1 Å². The highest BCUT2D eigenvalue weighted by molar-refractivity contribution is 7.89. The molecular formula is C23H15Cl4NO2S2. The predicted octanol–water partition coefficient (Wildman–Crippen LogP) is 8.17. The second-order valence-corrected chi connectivity index (χ2v) is 11.5. The molecule has 0 radical (unpaired) electrons. The lowest BCUT2D eigenvalue weighted by Gasteiger charge is -2.07. The van der Waals surface area contributed by atoms with Gasteiger partial charge in [0.15, 0.2) is 0 Å². The zero-order valence-electron chi connectivity index (χ0n) is 16.3. The molecule has 9 heteroatoms. The van der Waals surface area contributed by atoms with E-state index in [4.69, 9.17) is 46.4 Å². The van der Waals surface area contributed by atoms with Gasteiger partial charge in [0, 0.05) is 42.5 Å². The van der Waals surface area contributed by atoms with Gasteiger partial charge in [0.2, 0.25) is 10.0 Å². The number of hydrogen-bond acceptors (Lipinski definition) is 3. The second kappa shape index (κ2) is 9.74. The van der Waals surface area contributed by atoms with E-state index in [1.54, 1.807) is 24.3 Å². The minimum absolute atomic E-state index is 0.112. The van der Waals surface area contributed by atoms with Gasteiger partial charge < -0.3 is 0 Å². The molecule has 3 aromatic carbocycles. The van der Waals surface area contributed by atoms with E-state index in [0.717, 1.165) is 26.4 Å². The molecule has 0 fully saturated rings. The largest absolute Gasteiger partial charge is 0.240 e. The summed E-state index contributed by atoms with van der Waals surface area (Å²) in [6, 6.07) is 20.9. The maximum Gasteiger partial charge on any atom is 0.240 e. The normalized spacial score (nSPS) is 11.6. The summed E-state index contributed by atoms with van der Waals surface area (Å²) < 4.78 is 28.0. The van der Waals surface area contributed by atoms with Crippen molar-refractivity contribution in [3.05, 3.63) is 97.8 Å². The Kier molecular flexibility index (Phi) is 7.18. The Balaban J connectivity index is 1.71. The van der Waals surface area contributed by atoms with Crippen LogP contribution in [0, 0.1) is 0 Å². The fourth-order valence-electron chi connectivity index (χ4n) is 3.13. The monoisotopic (exact) mass is 541 g/mol. The average Bonchev–Trinajstić information content (AvgIpc) is 3.17. The summed E-state index contributed by atoms with van der Waals surface area (Å²) in [5.41, 5.74) is 2.68. The number of halogens is 4. The first kappa shape index (κ1) is 23.6. The van der Waals surface area contributed by atoms with Crippen LogP contribution in [0.4, 0.5) is 0 Å². The van der Waals surface area contributed by atoms with Crippen LogP contribution in [0.1, 0.15) is 4.88 Å². The van der Waals surface area contributed by atoms with Crippen LogP contribution in [0.25, 0.3) is 21.6 Å². The van der Waals surface area contributed by atoms with E-state index in [0.29, 0.717) is 20.1 Å². The molecule has 0 bridgehead atoms. The molecular weight excluding hydrogens is 528 g/mol. The number of benzene rings is 3. The van der Waals surface area contributed by atoms with Crippen LogP contribution in [-0.2, 0) is 16.6 Å². The molecule has 3 nitrogen and oxygen atoms in total. The van der Waals surface area contributed by atoms with Crippen LogP contribution < -0.4 is 4.72 Å². The van der Waals surface area contributed by atoms with E-state index in [9.17, 15) is 8.42 Å². The highest BCUT2D eigenvalue weighted by atomic mass is 35.5. The Morgan fingerprint density at radius 1 is 0.750 bits per heavy atom. The van der Waals surface area contributed by atoms with Crippen LogP contribution in [-0.4, -0.2) is 8.42 Å². The standard InChI is InChI=1S/C23H15Cl4NO2S2/c24-15-6-4-14(5-7-15)21-12-18(31-23(21)20-9-8-17(26)11-22(20)27)13-28-32(29,30)19-3-1-2-16(25)10-19/h1-12,28H,13H2. The first-order valence-corrected chi connectivity index (χ1v) is 13.1. The molecule has 0 saturated carbocycles. The van der Waals surface area contributed by atoms with E-state index in [1.165, 1.54) is 23.5 Å². The molecule has 0 spiro atoms. The number of thiophene rings is 1. The molecule has 32 heavy (non-hydrogen) atoms. The third-order valence-corrected chi connectivity index (χ3v) is 8.26. The third-order valence-electron chi connectivity index (χ3n) is 4.66. The molecule has 0 aliphatic rings. The molecule has 1 heterocycles. The van der Waals surface area contributed by atoms with E-state index in [1.807, 2.05) is 36.4 Å². The van der Waals surface area contributed by atoms with Gasteiger partial charge in [-0.1, -0.05) is 70.7 Å². The molecule has 4 aromatic rings. The Hall–Kier alpha value is -1.57.